The van der Waals surface area contributed by atoms with Gasteiger partial charge in [-0.1, -0.05) is 13.3 Å². The number of nitro benzene ring substituents is 1. The molecule has 0 radical (unpaired) electrons. The number of halogens is 3. The quantitative estimate of drug-likeness (QED) is 0.645. The van der Waals surface area contributed by atoms with Gasteiger partial charge in [-0.15, -0.1) is 0 Å². The molecule has 0 aliphatic carbocycles. The maximum Gasteiger partial charge on any atom is 0.438 e. The molecule has 0 saturated carbocycles. The van der Waals surface area contributed by atoms with Gasteiger partial charge in [0.15, 0.2) is 0 Å². The van der Waals surface area contributed by atoms with Crippen LogP contribution in [-0.4, -0.2) is 38.6 Å². The summed E-state index contributed by atoms with van der Waals surface area (Å²) < 4.78 is 40.0. The Labute approximate surface area is 140 Å². The van der Waals surface area contributed by atoms with Crippen LogP contribution in [0, 0.1) is 10.1 Å². The van der Waals surface area contributed by atoms with Gasteiger partial charge in [-0.05, 0) is 25.0 Å². The van der Waals surface area contributed by atoms with E-state index in [0.717, 1.165) is 30.7 Å². The van der Waals surface area contributed by atoms with Crippen molar-refractivity contribution < 1.29 is 28.0 Å². The van der Waals surface area contributed by atoms with Gasteiger partial charge in [0, 0.05) is 29.8 Å². The van der Waals surface area contributed by atoms with Gasteiger partial charge in [-0.3, -0.25) is 14.9 Å². The summed E-state index contributed by atoms with van der Waals surface area (Å²) in [6, 6.07) is 4.04. The van der Waals surface area contributed by atoms with Crippen LogP contribution in [0.1, 0.15) is 43.0 Å². The van der Waals surface area contributed by atoms with E-state index in [-0.39, 0.29) is 28.4 Å². The third-order valence-corrected chi connectivity index (χ3v) is 3.83. The first-order chi connectivity index (χ1) is 11.6. The molecule has 1 aliphatic rings. The largest absolute Gasteiger partial charge is 0.438 e. The maximum atomic E-state index is 13.3. The Morgan fingerprint density at radius 2 is 2.00 bits per heavy atom. The highest BCUT2D eigenvalue weighted by molar-refractivity contribution is 5.98. The van der Waals surface area contributed by atoms with Crippen molar-refractivity contribution >= 4 is 17.3 Å². The number of carbonyl (C=O) groups is 1. The number of alkyl halides is 3. The van der Waals surface area contributed by atoms with Crippen molar-refractivity contribution in [2.24, 2.45) is 5.10 Å². The van der Waals surface area contributed by atoms with E-state index in [2.05, 4.69) is 5.10 Å². The highest BCUT2D eigenvalue weighted by Gasteiger charge is 2.63. The second-order valence-electron chi connectivity index (χ2n) is 5.68. The smallest absolute Gasteiger partial charge is 0.362 e. The topological polar surface area (TPSA) is 96.0 Å². The SMILES string of the molecule is CCCCC1=NN(C(=O)c2ccc([N+](=O)[O-])cc2)[C@](O)(C(F)(F)F)C1. The molecule has 0 fully saturated rings. The summed E-state index contributed by atoms with van der Waals surface area (Å²) in [5.41, 5.74) is -3.89. The van der Waals surface area contributed by atoms with Gasteiger partial charge in [0.25, 0.3) is 17.3 Å². The summed E-state index contributed by atoms with van der Waals surface area (Å²) in [4.78, 5) is 22.3. The number of nitro groups is 1. The Hall–Kier alpha value is -2.49. The Morgan fingerprint density at radius 1 is 1.40 bits per heavy atom. The molecule has 1 atom stereocenters. The van der Waals surface area contributed by atoms with E-state index in [4.69, 9.17) is 0 Å². The molecule has 1 aliphatic heterocycles. The Bertz CT molecular complexity index is 703. The second-order valence-corrected chi connectivity index (χ2v) is 5.68. The van der Waals surface area contributed by atoms with Crippen LogP contribution in [0.3, 0.4) is 0 Å². The molecule has 10 heteroatoms. The number of nitrogens with zero attached hydrogens (tertiary/aromatic N) is 3. The van der Waals surface area contributed by atoms with E-state index in [9.17, 15) is 33.2 Å². The van der Waals surface area contributed by atoms with Crippen molar-refractivity contribution in [2.45, 2.75) is 44.5 Å². The molecule has 0 bridgehead atoms. The summed E-state index contributed by atoms with van der Waals surface area (Å²) in [5.74, 6) is -1.18. The maximum absolute atomic E-state index is 13.3. The molecule has 0 unspecified atom stereocenters. The normalized spacial score (nSPS) is 20.5. The standard InChI is InChI=1S/C15H16F3N3O4/c1-2-3-4-11-9-14(23,15(16,17)18)20(19-11)13(22)10-5-7-12(8-6-10)21(24)25/h5-8,23H,2-4,9H2,1H3/t14-/m1/s1. The molecule has 7 nitrogen and oxygen atoms in total. The van der Waals surface area contributed by atoms with Crippen LogP contribution in [0.4, 0.5) is 18.9 Å². The van der Waals surface area contributed by atoms with Crippen molar-refractivity contribution in [2.75, 3.05) is 0 Å². The molecular weight excluding hydrogens is 343 g/mol. The lowest BCUT2D eigenvalue weighted by Gasteiger charge is -2.32. The van der Waals surface area contributed by atoms with Gasteiger partial charge >= 0.3 is 6.18 Å². The van der Waals surface area contributed by atoms with Crippen LogP contribution < -0.4 is 0 Å². The summed E-state index contributed by atoms with van der Waals surface area (Å²) in [6.45, 7) is 1.85. The third kappa shape index (κ3) is 3.63. The Kier molecular flexibility index (Phi) is 5.12. The summed E-state index contributed by atoms with van der Waals surface area (Å²) in [6.07, 6.45) is -4.37. The van der Waals surface area contributed by atoms with Gasteiger partial charge in [0.05, 0.1) is 4.92 Å². The van der Waals surface area contributed by atoms with Gasteiger partial charge in [0.1, 0.15) is 0 Å². The molecule has 1 amide bonds. The molecule has 1 N–H and O–H groups in total. The first kappa shape index (κ1) is 18.8. The number of hydrazone groups is 1. The first-order valence-electron chi connectivity index (χ1n) is 7.54. The number of aliphatic hydroxyl groups is 1. The van der Waals surface area contributed by atoms with Crippen LogP contribution in [0.5, 0.6) is 0 Å². The van der Waals surface area contributed by atoms with E-state index >= 15 is 0 Å². The zero-order valence-electron chi connectivity index (χ0n) is 13.3. The zero-order valence-corrected chi connectivity index (χ0v) is 13.3. The van der Waals surface area contributed by atoms with E-state index < -0.39 is 29.2 Å². The van der Waals surface area contributed by atoms with Gasteiger partial charge in [-0.25, -0.2) is 0 Å². The molecule has 0 saturated heterocycles. The van der Waals surface area contributed by atoms with Crippen molar-refractivity contribution in [3.05, 3.63) is 39.9 Å². The lowest BCUT2D eigenvalue weighted by Crippen LogP contribution is -2.56. The summed E-state index contributed by atoms with van der Waals surface area (Å²) in [7, 11) is 0. The molecular formula is C15H16F3N3O4. The average Bonchev–Trinajstić information content (AvgIpc) is 2.90. The van der Waals surface area contributed by atoms with E-state index in [1.54, 1.807) is 0 Å². The fraction of sp³-hybridized carbons (Fsp3) is 0.467. The second kappa shape index (κ2) is 6.79. The van der Waals surface area contributed by atoms with Crippen molar-refractivity contribution in [3.63, 3.8) is 0 Å². The zero-order chi connectivity index (χ0) is 18.8. The minimum Gasteiger partial charge on any atom is -0.362 e. The monoisotopic (exact) mass is 359 g/mol. The van der Waals surface area contributed by atoms with Crippen LogP contribution in [0.25, 0.3) is 0 Å². The predicted molar refractivity (Wildman–Crippen MR) is 81.8 cm³/mol. The van der Waals surface area contributed by atoms with Crippen LogP contribution in [0.2, 0.25) is 0 Å². The molecule has 2 rings (SSSR count). The number of carbonyl (C=O) groups excluding carboxylic acids is 1. The number of hydrogen-bond acceptors (Lipinski definition) is 5. The van der Waals surface area contributed by atoms with Crippen molar-refractivity contribution in [3.8, 4) is 0 Å². The summed E-state index contributed by atoms with van der Waals surface area (Å²) >= 11 is 0. The highest BCUT2D eigenvalue weighted by Crippen LogP contribution is 2.41. The molecule has 0 aromatic heterocycles. The fourth-order valence-electron chi connectivity index (χ4n) is 2.42. The minimum absolute atomic E-state index is 0.0269. The lowest BCUT2D eigenvalue weighted by molar-refractivity contribution is -0.384. The first-order valence-corrected chi connectivity index (χ1v) is 7.54. The van der Waals surface area contributed by atoms with E-state index in [1.807, 2.05) is 6.92 Å². The van der Waals surface area contributed by atoms with Crippen LogP contribution >= 0.6 is 0 Å². The lowest BCUT2D eigenvalue weighted by atomic mass is 10.0. The van der Waals surface area contributed by atoms with Crippen molar-refractivity contribution in [1.29, 1.82) is 0 Å². The molecule has 136 valence electrons. The van der Waals surface area contributed by atoms with E-state index in [0.29, 0.717) is 6.42 Å². The number of hydrogen-bond donors (Lipinski definition) is 1. The van der Waals surface area contributed by atoms with Crippen LogP contribution in [-0.2, 0) is 0 Å². The number of amides is 1. The number of rotatable bonds is 5. The minimum atomic E-state index is -5.10. The molecule has 1 heterocycles. The molecule has 1 aromatic carbocycles. The van der Waals surface area contributed by atoms with Crippen molar-refractivity contribution in [1.82, 2.24) is 5.01 Å². The Morgan fingerprint density at radius 3 is 2.48 bits per heavy atom. The van der Waals surface area contributed by atoms with Gasteiger partial charge in [0.2, 0.25) is 0 Å². The third-order valence-electron chi connectivity index (χ3n) is 3.83. The Balaban J connectivity index is 2.35. The fourth-order valence-corrected chi connectivity index (χ4v) is 2.42. The molecule has 1 aromatic rings. The summed E-state index contributed by atoms with van der Waals surface area (Å²) in [5, 5.41) is 24.4. The number of benzene rings is 1. The number of non-ortho nitro benzene ring substituents is 1. The van der Waals surface area contributed by atoms with Gasteiger partial charge in [-0.2, -0.15) is 23.3 Å². The molecule has 0 spiro atoms. The van der Waals surface area contributed by atoms with Gasteiger partial charge < -0.3 is 5.11 Å². The molecule has 25 heavy (non-hydrogen) atoms. The average molecular weight is 359 g/mol. The number of unbranched alkanes of at least 4 members (excludes halogenated alkanes) is 1. The van der Waals surface area contributed by atoms with E-state index in [1.165, 1.54) is 0 Å². The predicted octanol–water partition coefficient (Wildman–Crippen LogP) is 3.24. The highest BCUT2D eigenvalue weighted by atomic mass is 19.4. The van der Waals surface area contributed by atoms with Crippen LogP contribution in [0.15, 0.2) is 29.4 Å².